The van der Waals surface area contributed by atoms with E-state index in [0.717, 1.165) is 21.9 Å². The Kier molecular flexibility index (Phi) is 5.01. The lowest BCUT2D eigenvalue weighted by Crippen LogP contribution is -2.28. The van der Waals surface area contributed by atoms with Gasteiger partial charge in [0.25, 0.3) is 5.91 Å². The van der Waals surface area contributed by atoms with E-state index in [1.807, 2.05) is 47.8 Å². The van der Waals surface area contributed by atoms with Crippen molar-refractivity contribution in [2.24, 2.45) is 5.10 Å². The van der Waals surface area contributed by atoms with E-state index in [1.54, 1.807) is 39.4 Å². The van der Waals surface area contributed by atoms with E-state index in [-0.39, 0.29) is 11.9 Å². The van der Waals surface area contributed by atoms with Crippen molar-refractivity contribution >= 4 is 46.1 Å². The van der Waals surface area contributed by atoms with Crippen LogP contribution in [0.1, 0.15) is 22.2 Å². The number of benzene rings is 1. The first-order valence-electron chi connectivity index (χ1n) is 7.96. The minimum absolute atomic E-state index is 0.0148. The highest BCUT2D eigenvalue weighted by molar-refractivity contribution is 8.00. The molecular formula is C19H16N2OS3. The Bertz CT molecular complexity index is 857. The van der Waals surface area contributed by atoms with Gasteiger partial charge in [-0.25, -0.2) is 5.01 Å². The van der Waals surface area contributed by atoms with Crippen molar-refractivity contribution in [3.63, 3.8) is 0 Å². The smallest absolute Gasteiger partial charge is 0.253 e. The third kappa shape index (κ3) is 3.71. The van der Waals surface area contributed by atoms with Gasteiger partial charge in [0.1, 0.15) is 0 Å². The summed E-state index contributed by atoms with van der Waals surface area (Å²) in [5.41, 5.74) is 1.01. The minimum atomic E-state index is 0.0148. The first-order valence-corrected chi connectivity index (χ1v) is 10.7. The number of thiophene rings is 2. The summed E-state index contributed by atoms with van der Waals surface area (Å²) in [4.78, 5) is 16.3. The van der Waals surface area contributed by atoms with Gasteiger partial charge in [0.2, 0.25) is 0 Å². The number of amides is 1. The molecule has 1 atom stereocenters. The third-order valence-corrected chi connectivity index (χ3v) is 6.84. The average molecular weight is 385 g/mol. The fourth-order valence-corrected chi connectivity index (χ4v) is 5.07. The molecule has 0 N–H and O–H groups in total. The molecule has 0 saturated heterocycles. The van der Waals surface area contributed by atoms with Crippen LogP contribution in [0.15, 0.2) is 75.4 Å². The van der Waals surface area contributed by atoms with Crippen LogP contribution in [0.3, 0.4) is 0 Å². The van der Waals surface area contributed by atoms with Gasteiger partial charge >= 0.3 is 0 Å². The van der Waals surface area contributed by atoms with E-state index in [4.69, 9.17) is 0 Å². The number of nitrogens with zero attached hydrogens (tertiary/aromatic N) is 2. The molecule has 0 radical (unpaired) electrons. The SMILES string of the molecule is O=C(CSc1ccccc1)N1N=C(c2cccs2)C[C@H]1c1cccs1. The average Bonchev–Trinajstić information content (AvgIpc) is 3.40. The second kappa shape index (κ2) is 7.56. The summed E-state index contributed by atoms with van der Waals surface area (Å²) in [6, 6.07) is 18.3. The van der Waals surface area contributed by atoms with E-state index in [0.29, 0.717) is 5.75 Å². The molecule has 3 nitrogen and oxygen atoms in total. The van der Waals surface area contributed by atoms with Crippen molar-refractivity contribution in [2.45, 2.75) is 17.4 Å². The summed E-state index contributed by atoms with van der Waals surface area (Å²) in [5.74, 6) is 0.450. The second-order valence-electron chi connectivity index (χ2n) is 5.60. The molecule has 0 saturated carbocycles. The van der Waals surface area contributed by atoms with Crippen LogP contribution in [-0.2, 0) is 4.79 Å². The molecule has 0 aliphatic carbocycles. The highest BCUT2D eigenvalue weighted by Gasteiger charge is 2.33. The van der Waals surface area contributed by atoms with Gasteiger partial charge in [-0.05, 0) is 35.0 Å². The van der Waals surface area contributed by atoms with Gasteiger partial charge < -0.3 is 0 Å². The highest BCUT2D eigenvalue weighted by Crippen LogP contribution is 2.36. The monoisotopic (exact) mass is 384 g/mol. The van der Waals surface area contributed by atoms with Crippen LogP contribution in [0, 0.1) is 0 Å². The maximum Gasteiger partial charge on any atom is 0.253 e. The van der Waals surface area contributed by atoms with Crippen LogP contribution < -0.4 is 0 Å². The molecule has 3 heterocycles. The highest BCUT2D eigenvalue weighted by atomic mass is 32.2. The van der Waals surface area contributed by atoms with Gasteiger partial charge in [-0.3, -0.25) is 4.79 Å². The summed E-state index contributed by atoms with van der Waals surface area (Å²) in [6.07, 6.45) is 0.781. The number of hydrogen-bond donors (Lipinski definition) is 0. The fourth-order valence-electron chi connectivity index (χ4n) is 2.76. The lowest BCUT2D eigenvalue weighted by Gasteiger charge is -2.20. The van der Waals surface area contributed by atoms with Crippen LogP contribution in [0.5, 0.6) is 0 Å². The summed E-state index contributed by atoms with van der Waals surface area (Å²) in [5, 5.41) is 10.5. The molecule has 2 aromatic heterocycles. The lowest BCUT2D eigenvalue weighted by atomic mass is 10.1. The molecule has 3 aromatic rings. The standard InChI is InChI=1S/C19H16N2OS3/c22-19(13-25-14-6-2-1-3-7-14)21-16(18-9-5-11-24-18)12-15(20-21)17-8-4-10-23-17/h1-11,16H,12-13H2/t16-/m0/s1. The molecule has 0 unspecified atom stereocenters. The van der Waals surface area contributed by atoms with Gasteiger partial charge in [0, 0.05) is 16.2 Å². The van der Waals surface area contributed by atoms with Crippen LogP contribution in [0.2, 0.25) is 0 Å². The van der Waals surface area contributed by atoms with E-state index in [2.05, 4.69) is 22.6 Å². The van der Waals surface area contributed by atoms with Crippen LogP contribution in [-0.4, -0.2) is 22.4 Å². The number of carbonyl (C=O) groups is 1. The largest absolute Gasteiger partial charge is 0.272 e. The normalized spacial score (nSPS) is 16.9. The van der Waals surface area contributed by atoms with Crippen molar-refractivity contribution in [3.8, 4) is 0 Å². The van der Waals surface area contributed by atoms with Gasteiger partial charge in [-0.15, -0.1) is 34.4 Å². The van der Waals surface area contributed by atoms with Gasteiger partial charge in [0.05, 0.1) is 22.4 Å². The second-order valence-corrected chi connectivity index (χ2v) is 8.58. The van der Waals surface area contributed by atoms with Gasteiger partial charge in [-0.2, -0.15) is 5.10 Å². The van der Waals surface area contributed by atoms with E-state index in [9.17, 15) is 4.79 Å². The Balaban J connectivity index is 1.54. The predicted molar refractivity (Wildman–Crippen MR) is 107 cm³/mol. The Morgan fingerprint density at radius 2 is 1.88 bits per heavy atom. The minimum Gasteiger partial charge on any atom is -0.272 e. The third-order valence-electron chi connectivity index (χ3n) is 3.95. The summed E-state index contributed by atoms with van der Waals surface area (Å²) >= 11 is 4.92. The van der Waals surface area contributed by atoms with Crippen molar-refractivity contribution < 1.29 is 4.79 Å². The Hall–Kier alpha value is -1.89. The molecule has 1 aromatic carbocycles. The quantitative estimate of drug-likeness (QED) is 0.561. The fraction of sp³-hybridized carbons (Fsp3) is 0.158. The molecule has 0 fully saturated rings. The summed E-state index contributed by atoms with van der Waals surface area (Å²) in [7, 11) is 0. The number of rotatable bonds is 5. The van der Waals surface area contributed by atoms with Crippen molar-refractivity contribution in [2.75, 3.05) is 5.75 Å². The molecule has 1 aliphatic rings. The Morgan fingerprint density at radius 1 is 1.08 bits per heavy atom. The first-order chi connectivity index (χ1) is 12.3. The maximum atomic E-state index is 12.8. The number of hydrogen-bond acceptors (Lipinski definition) is 5. The molecule has 6 heteroatoms. The van der Waals surface area contributed by atoms with Crippen molar-refractivity contribution in [3.05, 3.63) is 75.1 Å². The predicted octanol–water partition coefficient (Wildman–Crippen LogP) is 5.28. The van der Waals surface area contributed by atoms with Crippen LogP contribution in [0.4, 0.5) is 0 Å². The molecule has 0 spiro atoms. The molecule has 1 aliphatic heterocycles. The molecule has 25 heavy (non-hydrogen) atoms. The topological polar surface area (TPSA) is 32.7 Å². The van der Waals surface area contributed by atoms with Crippen LogP contribution in [0.25, 0.3) is 0 Å². The van der Waals surface area contributed by atoms with Gasteiger partial charge in [-0.1, -0.05) is 30.3 Å². The molecule has 126 valence electrons. The summed E-state index contributed by atoms with van der Waals surface area (Å²) in [6.45, 7) is 0. The van der Waals surface area contributed by atoms with Gasteiger partial charge in [0.15, 0.2) is 0 Å². The molecule has 1 amide bonds. The number of carbonyl (C=O) groups excluding carboxylic acids is 1. The van der Waals surface area contributed by atoms with Crippen LogP contribution >= 0.6 is 34.4 Å². The molecule has 0 bridgehead atoms. The maximum absolute atomic E-state index is 12.8. The molecule has 4 rings (SSSR count). The Labute approximate surface area is 159 Å². The van der Waals surface area contributed by atoms with E-state index in [1.165, 1.54) is 4.88 Å². The zero-order chi connectivity index (χ0) is 17.1. The number of thioether (sulfide) groups is 1. The zero-order valence-electron chi connectivity index (χ0n) is 13.4. The van der Waals surface area contributed by atoms with E-state index >= 15 is 0 Å². The zero-order valence-corrected chi connectivity index (χ0v) is 15.8. The number of hydrazone groups is 1. The van der Waals surface area contributed by atoms with E-state index < -0.39 is 0 Å². The summed E-state index contributed by atoms with van der Waals surface area (Å²) < 4.78 is 0. The lowest BCUT2D eigenvalue weighted by molar-refractivity contribution is -0.130. The first kappa shape index (κ1) is 16.6. The van der Waals surface area contributed by atoms with Crippen molar-refractivity contribution in [1.29, 1.82) is 0 Å². The molecular weight excluding hydrogens is 368 g/mol. The Morgan fingerprint density at radius 3 is 2.60 bits per heavy atom. The van der Waals surface area contributed by atoms with Crippen molar-refractivity contribution in [1.82, 2.24) is 5.01 Å².